The van der Waals surface area contributed by atoms with Crippen LogP contribution in [0.4, 0.5) is 15.8 Å². The minimum absolute atomic E-state index is 0.0227. The Labute approximate surface area is 164 Å². The number of halogens is 1. The van der Waals surface area contributed by atoms with Gasteiger partial charge >= 0.3 is 0 Å². The van der Waals surface area contributed by atoms with Crippen molar-refractivity contribution in [3.05, 3.63) is 59.9 Å². The van der Waals surface area contributed by atoms with Crippen LogP contribution in [0.2, 0.25) is 0 Å². The number of hydrogen-bond acceptors (Lipinski definition) is 3. The van der Waals surface area contributed by atoms with Gasteiger partial charge in [0.25, 0.3) is 0 Å². The number of carbonyl (C=O) groups excluding carboxylic acids is 2. The lowest BCUT2D eigenvalue weighted by atomic mass is 10.0. The van der Waals surface area contributed by atoms with Crippen LogP contribution < -0.4 is 10.6 Å². The minimum atomic E-state index is -0.254. The van der Waals surface area contributed by atoms with E-state index < -0.39 is 0 Å². The summed E-state index contributed by atoms with van der Waals surface area (Å²) in [5.41, 5.74) is 2.05. The summed E-state index contributed by atoms with van der Waals surface area (Å²) >= 11 is 0. The maximum atomic E-state index is 13.7. The van der Waals surface area contributed by atoms with Gasteiger partial charge in [-0.25, -0.2) is 4.39 Å². The minimum Gasteiger partial charge on any atom is -0.325 e. The second kappa shape index (κ2) is 9.46. The van der Waals surface area contributed by atoms with Gasteiger partial charge in [-0.2, -0.15) is 0 Å². The Morgan fingerprint density at radius 3 is 2.50 bits per heavy atom. The van der Waals surface area contributed by atoms with Gasteiger partial charge in [0.2, 0.25) is 11.8 Å². The average molecular weight is 383 g/mol. The highest BCUT2D eigenvalue weighted by molar-refractivity contribution is 5.99. The Kier molecular flexibility index (Phi) is 6.76. The highest BCUT2D eigenvalue weighted by atomic mass is 19.1. The van der Waals surface area contributed by atoms with Crippen LogP contribution in [-0.4, -0.2) is 29.8 Å². The molecule has 3 rings (SSSR count). The summed E-state index contributed by atoms with van der Waals surface area (Å²) in [5.74, 6) is -0.600. The SMILES string of the molecule is CC(=O)Nc1ccccc1NC(=O)CN1CCCCC[C@@H]1c1cccc(F)c1. The number of carbonyl (C=O) groups is 2. The third-order valence-corrected chi connectivity index (χ3v) is 4.96. The molecule has 1 aliphatic rings. The van der Waals surface area contributed by atoms with Crippen molar-refractivity contribution < 1.29 is 14.0 Å². The molecule has 28 heavy (non-hydrogen) atoms. The van der Waals surface area contributed by atoms with E-state index in [1.807, 2.05) is 12.1 Å². The van der Waals surface area contributed by atoms with Gasteiger partial charge in [-0.15, -0.1) is 0 Å². The molecule has 2 N–H and O–H groups in total. The Bertz CT molecular complexity index is 840. The van der Waals surface area contributed by atoms with Crippen LogP contribution in [0.15, 0.2) is 48.5 Å². The normalized spacial score (nSPS) is 17.6. The second-order valence-electron chi connectivity index (χ2n) is 7.17. The zero-order valence-corrected chi connectivity index (χ0v) is 16.1. The molecular formula is C22H26FN3O2. The summed E-state index contributed by atoms with van der Waals surface area (Å²) in [5, 5.41) is 5.62. The van der Waals surface area contributed by atoms with Crippen molar-refractivity contribution in [3.8, 4) is 0 Å². The van der Waals surface area contributed by atoms with Gasteiger partial charge in [0.15, 0.2) is 0 Å². The van der Waals surface area contributed by atoms with Crippen LogP contribution in [0.1, 0.15) is 44.2 Å². The van der Waals surface area contributed by atoms with Crippen LogP contribution in [-0.2, 0) is 9.59 Å². The predicted molar refractivity (Wildman–Crippen MR) is 109 cm³/mol. The fraction of sp³-hybridized carbons (Fsp3) is 0.364. The Balaban J connectivity index is 1.73. The summed E-state index contributed by atoms with van der Waals surface area (Å²) in [6.07, 6.45) is 4.08. The molecule has 0 unspecified atom stereocenters. The molecule has 1 saturated heterocycles. The van der Waals surface area contributed by atoms with Crippen molar-refractivity contribution in [1.82, 2.24) is 4.90 Å². The molecule has 0 radical (unpaired) electrons. The first kappa shape index (κ1) is 20.0. The van der Waals surface area contributed by atoms with Crippen LogP contribution in [0.3, 0.4) is 0 Å². The molecule has 0 bridgehead atoms. The number of nitrogens with zero attached hydrogens (tertiary/aromatic N) is 1. The average Bonchev–Trinajstić information content (AvgIpc) is 2.88. The largest absolute Gasteiger partial charge is 0.325 e. The zero-order chi connectivity index (χ0) is 19.9. The molecule has 1 atom stereocenters. The summed E-state index contributed by atoms with van der Waals surface area (Å²) in [6.45, 7) is 2.44. The lowest BCUT2D eigenvalue weighted by Crippen LogP contribution is -2.36. The fourth-order valence-corrected chi connectivity index (χ4v) is 3.71. The Morgan fingerprint density at radius 2 is 1.79 bits per heavy atom. The summed E-state index contributed by atoms with van der Waals surface area (Å²) in [6, 6.07) is 13.8. The molecular weight excluding hydrogens is 357 g/mol. The lowest BCUT2D eigenvalue weighted by molar-refractivity contribution is -0.118. The molecule has 2 aromatic rings. The predicted octanol–water partition coefficient (Wildman–Crippen LogP) is 4.34. The van der Waals surface area contributed by atoms with E-state index in [1.54, 1.807) is 30.3 Å². The van der Waals surface area contributed by atoms with Crippen molar-refractivity contribution in [3.63, 3.8) is 0 Å². The smallest absolute Gasteiger partial charge is 0.238 e. The molecule has 0 aliphatic carbocycles. The topological polar surface area (TPSA) is 61.4 Å². The standard InChI is InChI=1S/C22H26FN3O2/c1-16(27)24-19-10-4-5-11-20(19)25-22(28)15-26-13-6-2-3-12-21(26)17-8-7-9-18(23)14-17/h4-5,7-11,14,21H,2-3,6,12-13,15H2,1H3,(H,24,27)(H,25,28)/t21-/m1/s1. The fourth-order valence-electron chi connectivity index (χ4n) is 3.71. The number of anilines is 2. The molecule has 5 nitrogen and oxygen atoms in total. The maximum absolute atomic E-state index is 13.7. The molecule has 0 spiro atoms. The molecule has 1 aliphatic heterocycles. The van der Waals surface area contributed by atoms with Crippen molar-refractivity contribution in [2.24, 2.45) is 0 Å². The van der Waals surface area contributed by atoms with Crippen LogP contribution in [0, 0.1) is 5.82 Å². The quantitative estimate of drug-likeness (QED) is 0.807. The number of hydrogen-bond donors (Lipinski definition) is 2. The van der Waals surface area contributed by atoms with E-state index in [-0.39, 0.29) is 30.2 Å². The number of para-hydroxylation sites is 2. The van der Waals surface area contributed by atoms with E-state index in [0.29, 0.717) is 11.4 Å². The molecule has 0 saturated carbocycles. The molecule has 1 heterocycles. The molecule has 1 fully saturated rings. The van der Waals surface area contributed by atoms with Gasteiger partial charge in [0, 0.05) is 13.0 Å². The van der Waals surface area contributed by atoms with E-state index in [9.17, 15) is 14.0 Å². The summed E-state index contributed by atoms with van der Waals surface area (Å²) < 4.78 is 13.7. The number of benzene rings is 2. The number of amides is 2. The van der Waals surface area contributed by atoms with Crippen LogP contribution >= 0.6 is 0 Å². The number of likely N-dealkylation sites (tertiary alicyclic amines) is 1. The highest BCUT2D eigenvalue weighted by Gasteiger charge is 2.25. The zero-order valence-electron chi connectivity index (χ0n) is 16.1. The first-order valence-electron chi connectivity index (χ1n) is 9.69. The van der Waals surface area contributed by atoms with Crippen LogP contribution in [0.25, 0.3) is 0 Å². The molecule has 6 heteroatoms. The van der Waals surface area contributed by atoms with E-state index >= 15 is 0 Å². The van der Waals surface area contributed by atoms with E-state index in [0.717, 1.165) is 37.8 Å². The van der Waals surface area contributed by atoms with E-state index in [4.69, 9.17) is 0 Å². The van der Waals surface area contributed by atoms with Gasteiger partial charge < -0.3 is 10.6 Å². The Morgan fingerprint density at radius 1 is 1.04 bits per heavy atom. The molecule has 0 aromatic heterocycles. The first-order valence-corrected chi connectivity index (χ1v) is 9.69. The second-order valence-corrected chi connectivity index (χ2v) is 7.17. The van der Waals surface area contributed by atoms with Crippen molar-refractivity contribution in [1.29, 1.82) is 0 Å². The summed E-state index contributed by atoms with van der Waals surface area (Å²) in [4.78, 5) is 26.2. The van der Waals surface area contributed by atoms with Gasteiger partial charge in [0.1, 0.15) is 5.82 Å². The third kappa shape index (κ3) is 5.39. The number of rotatable bonds is 5. The maximum Gasteiger partial charge on any atom is 0.238 e. The van der Waals surface area contributed by atoms with Gasteiger partial charge in [-0.1, -0.05) is 37.1 Å². The van der Waals surface area contributed by atoms with Gasteiger partial charge in [-0.05, 0) is 49.2 Å². The highest BCUT2D eigenvalue weighted by Crippen LogP contribution is 2.30. The third-order valence-electron chi connectivity index (χ3n) is 4.96. The molecule has 2 amide bonds. The first-order chi connectivity index (χ1) is 13.5. The monoisotopic (exact) mass is 383 g/mol. The van der Waals surface area contributed by atoms with Crippen molar-refractivity contribution >= 4 is 23.2 Å². The van der Waals surface area contributed by atoms with Crippen molar-refractivity contribution in [2.45, 2.75) is 38.6 Å². The Hall–Kier alpha value is -2.73. The van der Waals surface area contributed by atoms with Gasteiger partial charge in [0.05, 0.1) is 17.9 Å². The van der Waals surface area contributed by atoms with Crippen LogP contribution in [0.5, 0.6) is 0 Å². The van der Waals surface area contributed by atoms with Gasteiger partial charge in [-0.3, -0.25) is 14.5 Å². The van der Waals surface area contributed by atoms with E-state index in [1.165, 1.54) is 13.0 Å². The lowest BCUT2D eigenvalue weighted by Gasteiger charge is -2.30. The van der Waals surface area contributed by atoms with E-state index in [2.05, 4.69) is 15.5 Å². The number of nitrogens with one attached hydrogen (secondary N) is 2. The molecule has 2 aromatic carbocycles. The molecule has 148 valence electrons. The van der Waals surface area contributed by atoms with Crippen molar-refractivity contribution in [2.75, 3.05) is 23.7 Å². The summed E-state index contributed by atoms with van der Waals surface area (Å²) in [7, 11) is 0.